The number of fused-ring (bicyclic) bond motifs is 1. The Kier molecular flexibility index (Phi) is 6.13. The Hall–Kier alpha value is -1.12. The van der Waals surface area contributed by atoms with Crippen molar-refractivity contribution >= 4 is 44.4 Å². The van der Waals surface area contributed by atoms with E-state index in [-0.39, 0.29) is 12.2 Å². The molecule has 0 bridgehead atoms. The fourth-order valence-electron chi connectivity index (χ4n) is 2.70. The molecule has 0 spiro atoms. The van der Waals surface area contributed by atoms with Crippen LogP contribution in [0.15, 0.2) is 11.5 Å². The molecule has 1 saturated heterocycles. The number of nitrogen functional groups attached to an aromatic ring is 1. The number of aromatic nitrogens is 4. The Morgan fingerprint density at radius 1 is 1.32 bits per heavy atom. The van der Waals surface area contributed by atoms with Crippen molar-refractivity contribution in [3.05, 3.63) is 6.33 Å². The largest absolute Gasteiger partial charge is 0.469 e. The van der Waals surface area contributed by atoms with Gasteiger partial charge < -0.3 is 30.0 Å². The van der Waals surface area contributed by atoms with Gasteiger partial charge in [-0.1, -0.05) is 11.8 Å². The maximum atomic E-state index is 11.2. The number of rotatable bonds is 7. The molecule has 28 heavy (non-hydrogen) atoms. The highest BCUT2D eigenvalue weighted by molar-refractivity contribution is 7.98. The smallest absolute Gasteiger partial charge is 0.382 e. The Labute approximate surface area is 161 Å². The van der Waals surface area contributed by atoms with Crippen molar-refractivity contribution in [3.63, 3.8) is 0 Å². The number of nitrogens with zero attached hydrogens (tertiary/aromatic N) is 4. The van der Waals surface area contributed by atoms with Gasteiger partial charge in [0.05, 0.1) is 12.9 Å². The summed E-state index contributed by atoms with van der Waals surface area (Å²) in [4.78, 5) is 48.4. The summed E-state index contributed by atoms with van der Waals surface area (Å²) >= 11 is 1.25. The first-order valence-electron chi connectivity index (χ1n) is 7.60. The molecule has 3 rings (SSSR count). The number of hydrogen-bond acceptors (Lipinski definition) is 10. The standard InChI is InChI=1S/C11H17N5O9P2S/c1-28-11-14-9(12)8-10(15-11)16(4-13-8)7-2-5(25-27(20,21)22)6(24-7)3-23-26(17,18)19/h4-7H,2-3H2,1H3,(H2,12,14,15)(H2,17,18,19)(H2,20,21,22). The van der Waals surface area contributed by atoms with Crippen LogP contribution in [0.4, 0.5) is 5.82 Å². The molecule has 3 unspecified atom stereocenters. The molecule has 1 aliphatic heterocycles. The van der Waals surface area contributed by atoms with Crippen LogP contribution < -0.4 is 5.73 Å². The van der Waals surface area contributed by atoms with Gasteiger partial charge in [0, 0.05) is 6.42 Å². The maximum absolute atomic E-state index is 11.2. The summed E-state index contributed by atoms with van der Waals surface area (Å²) in [6.07, 6.45) is -0.158. The second-order valence-electron chi connectivity index (χ2n) is 5.71. The fraction of sp³-hybridized carbons (Fsp3) is 0.545. The predicted octanol–water partition coefficient (Wildman–Crippen LogP) is 0.00510. The zero-order valence-electron chi connectivity index (χ0n) is 14.2. The van der Waals surface area contributed by atoms with E-state index in [1.807, 2.05) is 0 Å². The molecule has 0 aromatic carbocycles. The number of anilines is 1. The van der Waals surface area contributed by atoms with Crippen LogP contribution in [0.25, 0.3) is 11.2 Å². The van der Waals surface area contributed by atoms with Crippen molar-refractivity contribution in [1.82, 2.24) is 19.5 Å². The summed E-state index contributed by atoms with van der Waals surface area (Å²) < 4.78 is 38.4. The lowest BCUT2D eigenvalue weighted by molar-refractivity contribution is -0.0417. The minimum atomic E-state index is -4.89. The van der Waals surface area contributed by atoms with E-state index in [0.29, 0.717) is 16.3 Å². The molecule has 0 aliphatic carbocycles. The molecule has 2 aromatic rings. The average molecular weight is 457 g/mol. The quantitative estimate of drug-likeness (QED) is 0.210. The van der Waals surface area contributed by atoms with Crippen LogP contribution in [0.3, 0.4) is 0 Å². The van der Waals surface area contributed by atoms with Crippen LogP contribution in [0.2, 0.25) is 0 Å². The minimum Gasteiger partial charge on any atom is -0.382 e. The number of hydrogen-bond donors (Lipinski definition) is 5. The van der Waals surface area contributed by atoms with E-state index in [9.17, 15) is 9.13 Å². The van der Waals surface area contributed by atoms with Gasteiger partial charge in [-0.3, -0.25) is 13.6 Å². The van der Waals surface area contributed by atoms with Crippen LogP contribution in [-0.2, 0) is 22.9 Å². The third kappa shape index (κ3) is 5.07. The highest BCUT2D eigenvalue weighted by Crippen LogP contribution is 2.45. The Bertz CT molecular complexity index is 961. The average Bonchev–Trinajstić information content (AvgIpc) is 3.14. The molecule has 3 atom stereocenters. The number of phosphoric ester groups is 2. The summed E-state index contributed by atoms with van der Waals surface area (Å²) in [5, 5.41) is 0.383. The molecular formula is C11H17N5O9P2S. The first-order chi connectivity index (χ1) is 13.0. The van der Waals surface area contributed by atoms with E-state index in [4.69, 9.17) is 34.6 Å². The Balaban J connectivity index is 1.90. The number of thioether (sulfide) groups is 1. The van der Waals surface area contributed by atoms with Gasteiger partial charge in [-0.2, -0.15) is 0 Å². The van der Waals surface area contributed by atoms with Crippen LogP contribution in [-0.4, -0.2) is 64.2 Å². The molecule has 0 amide bonds. The van der Waals surface area contributed by atoms with Crippen molar-refractivity contribution in [1.29, 1.82) is 0 Å². The van der Waals surface area contributed by atoms with Gasteiger partial charge in [-0.05, 0) is 6.26 Å². The number of nitrogens with two attached hydrogens (primary N) is 1. The number of phosphoric acid groups is 2. The van der Waals surface area contributed by atoms with Crippen LogP contribution >= 0.6 is 27.4 Å². The first-order valence-corrected chi connectivity index (χ1v) is 11.9. The van der Waals surface area contributed by atoms with Crippen LogP contribution in [0.1, 0.15) is 12.6 Å². The normalized spacial score (nSPS) is 23.5. The zero-order valence-corrected chi connectivity index (χ0v) is 16.8. The molecular weight excluding hydrogens is 440 g/mol. The second kappa shape index (κ2) is 7.95. The van der Waals surface area contributed by atoms with Gasteiger partial charge in [-0.25, -0.2) is 24.1 Å². The lowest BCUT2D eigenvalue weighted by Crippen LogP contribution is -2.28. The fourth-order valence-corrected chi connectivity index (χ4v) is 3.98. The van der Waals surface area contributed by atoms with E-state index in [1.165, 1.54) is 22.7 Å². The monoisotopic (exact) mass is 457 g/mol. The van der Waals surface area contributed by atoms with E-state index < -0.39 is 40.7 Å². The summed E-state index contributed by atoms with van der Waals surface area (Å²) in [6, 6.07) is 0. The van der Waals surface area contributed by atoms with Crippen molar-refractivity contribution < 1.29 is 42.5 Å². The van der Waals surface area contributed by atoms with E-state index in [0.717, 1.165) is 0 Å². The highest BCUT2D eigenvalue weighted by atomic mass is 32.2. The Morgan fingerprint density at radius 2 is 2.04 bits per heavy atom. The minimum absolute atomic E-state index is 0.0652. The van der Waals surface area contributed by atoms with Crippen molar-refractivity contribution in [2.45, 2.75) is 30.0 Å². The summed E-state index contributed by atoms with van der Waals surface area (Å²) in [7, 11) is -9.71. The lowest BCUT2D eigenvalue weighted by atomic mass is 10.2. The lowest BCUT2D eigenvalue weighted by Gasteiger charge is -2.19. The van der Waals surface area contributed by atoms with Gasteiger partial charge in [0.2, 0.25) is 0 Å². The predicted molar refractivity (Wildman–Crippen MR) is 95.0 cm³/mol. The molecule has 1 fully saturated rings. The number of ether oxygens (including phenoxy) is 1. The van der Waals surface area contributed by atoms with Gasteiger partial charge in [0.25, 0.3) is 0 Å². The summed E-state index contributed by atoms with van der Waals surface area (Å²) in [5.74, 6) is 0.149. The third-order valence-electron chi connectivity index (χ3n) is 3.78. The summed E-state index contributed by atoms with van der Waals surface area (Å²) in [5.41, 5.74) is 6.50. The molecule has 14 nitrogen and oxygen atoms in total. The first kappa shape index (κ1) is 21.6. The van der Waals surface area contributed by atoms with E-state index >= 15 is 0 Å². The number of imidazole rings is 1. The topological polar surface area (TPSA) is 212 Å². The molecule has 2 aromatic heterocycles. The van der Waals surface area contributed by atoms with E-state index in [2.05, 4.69) is 19.5 Å². The van der Waals surface area contributed by atoms with Gasteiger partial charge >= 0.3 is 15.6 Å². The molecule has 6 N–H and O–H groups in total. The van der Waals surface area contributed by atoms with Gasteiger partial charge in [0.15, 0.2) is 16.6 Å². The van der Waals surface area contributed by atoms with Crippen LogP contribution in [0, 0.1) is 0 Å². The van der Waals surface area contributed by atoms with Crippen molar-refractivity contribution in [2.75, 3.05) is 18.6 Å². The van der Waals surface area contributed by atoms with Crippen molar-refractivity contribution in [2.24, 2.45) is 0 Å². The molecule has 0 radical (unpaired) electrons. The van der Waals surface area contributed by atoms with Crippen molar-refractivity contribution in [3.8, 4) is 0 Å². The maximum Gasteiger partial charge on any atom is 0.469 e. The van der Waals surface area contributed by atoms with Gasteiger partial charge in [0.1, 0.15) is 24.0 Å². The third-order valence-corrected chi connectivity index (χ3v) is 5.36. The summed E-state index contributed by atoms with van der Waals surface area (Å²) in [6.45, 7) is -0.648. The molecule has 3 heterocycles. The molecule has 0 saturated carbocycles. The van der Waals surface area contributed by atoms with Gasteiger partial charge in [-0.15, -0.1) is 0 Å². The van der Waals surface area contributed by atoms with E-state index in [1.54, 1.807) is 6.26 Å². The second-order valence-corrected chi connectivity index (χ2v) is 8.91. The molecule has 156 valence electrons. The SMILES string of the molecule is CSc1nc(N)c2ncn(C3CC(OP(=O)(O)O)C(COP(=O)(O)O)O3)c2n1. The highest BCUT2D eigenvalue weighted by Gasteiger charge is 2.42. The molecule has 17 heteroatoms. The molecule has 1 aliphatic rings. The zero-order chi connectivity index (χ0) is 20.7. The van der Waals surface area contributed by atoms with Crippen LogP contribution in [0.5, 0.6) is 0 Å². The Morgan fingerprint density at radius 3 is 2.64 bits per heavy atom.